The standard InChI is InChI=1S/C11H15ClO2S/c1-14-11-7-8(3-4-9(11)12)10(13)5-6-15-2/h3-4,7,10,13H,5-6H2,1-2H3. The summed E-state index contributed by atoms with van der Waals surface area (Å²) in [5, 5.41) is 10.4. The van der Waals surface area contributed by atoms with Crippen LogP contribution in [-0.2, 0) is 0 Å². The third kappa shape index (κ3) is 3.59. The van der Waals surface area contributed by atoms with Gasteiger partial charge in [-0.05, 0) is 36.1 Å². The molecule has 0 aliphatic heterocycles. The van der Waals surface area contributed by atoms with E-state index in [1.54, 1.807) is 31.0 Å². The van der Waals surface area contributed by atoms with Gasteiger partial charge in [-0.3, -0.25) is 0 Å². The molecule has 0 radical (unpaired) electrons. The second kappa shape index (κ2) is 6.26. The van der Waals surface area contributed by atoms with Crippen molar-refractivity contribution in [3.05, 3.63) is 28.8 Å². The zero-order chi connectivity index (χ0) is 11.3. The number of benzene rings is 1. The molecule has 0 aliphatic carbocycles. The summed E-state index contributed by atoms with van der Waals surface area (Å²) in [6.07, 6.45) is 2.32. The van der Waals surface area contributed by atoms with Crippen molar-refractivity contribution in [3.63, 3.8) is 0 Å². The van der Waals surface area contributed by atoms with E-state index < -0.39 is 6.10 Å². The maximum Gasteiger partial charge on any atom is 0.137 e. The van der Waals surface area contributed by atoms with Crippen LogP contribution in [0.4, 0.5) is 0 Å². The highest BCUT2D eigenvalue weighted by molar-refractivity contribution is 7.98. The molecule has 1 aromatic carbocycles. The van der Waals surface area contributed by atoms with Gasteiger partial charge in [0.2, 0.25) is 0 Å². The predicted molar refractivity (Wildman–Crippen MR) is 66.0 cm³/mol. The van der Waals surface area contributed by atoms with E-state index in [1.165, 1.54) is 0 Å². The van der Waals surface area contributed by atoms with Gasteiger partial charge in [-0.2, -0.15) is 11.8 Å². The lowest BCUT2D eigenvalue weighted by Crippen LogP contribution is -1.99. The topological polar surface area (TPSA) is 29.5 Å². The summed E-state index contributed by atoms with van der Waals surface area (Å²) in [5.41, 5.74) is 0.852. The van der Waals surface area contributed by atoms with Crippen molar-refractivity contribution in [2.75, 3.05) is 19.1 Å². The first-order chi connectivity index (χ1) is 7.19. The first-order valence-electron chi connectivity index (χ1n) is 4.69. The average Bonchev–Trinajstić information content (AvgIpc) is 2.26. The Kier molecular flexibility index (Phi) is 5.29. The van der Waals surface area contributed by atoms with Crippen LogP contribution in [0.25, 0.3) is 0 Å². The predicted octanol–water partition coefficient (Wildman–Crippen LogP) is 3.14. The number of rotatable bonds is 5. The van der Waals surface area contributed by atoms with Gasteiger partial charge in [0, 0.05) is 0 Å². The minimum absolute atomic E-state index is 0.441. The fraction of sp³-hybridized carbons (Fsp3) is 0.455. The fourth-order valence-electron chi connectivity index (χ4n) is 1.28. The van der Waals surface area contributed by atoms with E-state index in [9.17, 15) is 5.11 Å². The summed E-state index contributed by atoms with van der Waals surface area (Å²) in [5.74, 6) is 1.55. The van der Waals surface area contributed by atoms with Gasteiger partial charge in [-0.1, -0.05) is 17.7 Å². The number of halogens is 1. The summed E-state index contributed by atoms with van der Waals surface area (Å²) >= 11 is 7.62. The zero-order valence-electron chi connectivity index (χ0n) is 8.87. The van der Waals surface area contributed by atoms with E-state index in [2.05, 4.69) is 0 Å². The van der Waals surface area contributed by atoms with E-state index >= 15 is 0 Å². The van der Waals surface area contributed by atoms with Crippen molar-refractivity contribution < 1.29 is 9.84 Å². The molecular formula is C11H15ClO2S. The van der Waals surface area contributed by atoms with E-state index in [0.717, 1.165) is 17.7 Å². The summed E-state index contributed by atoms with van der Waals surface area (Å²) in [6.45, 7) is 0. The van der Waals surface area contributed by atoms with Gasteiger partial charge in [0.05, 0.1) is 18.2 Å². The van der Waals surface area contributed by atoms with Crippen LogP contribution in [0.1, 0.15) is 18.1 Å². The number of aliphatic hydroxyl groups excluding tert-OH is 1. The Morgan fingerprint density at radius 2 is 2.27 bits per heavy atom. The molecule has 1 N–H and O–H groups in total. The van der Waals surface area contributed by atoms with Crippen LogP contribution in [0.2, 0.25) is 5.02 Å². The van der Waals surface area contributed by atoms with Gasteiger partial charge in [0.1, 0.15) is 5.75 Å². The SMILES string of the molecule is COc1cc(C(O)CCSC)ccc1Cl. The molecule has 0 heterocycles. The van der Waals surface area contributed by atoms with Crippen molar-refractivity contribution in [1.29, 1.82) is 0 Å². The lowest BCUT2D eigenvalue weighted by Gasteiger charge is -2.12. The molecule has 0 bridgehead atoms. The molecule has 0 saturated carbocycles. The second-order valence-electron chi connectivity index (χ2n) is 3.19. The molecule has 0 fully saturated rings. The molecule has 0 aliphatic rings. The Morgan fingerprint density at radius 1 is 1.53 bits per heavy atom. The highest BCUT2D eigenvalue weighted by Gasteiger charge is 2.09. The van der Waals surface area contributed by atoms with Crippen LogP contribution in [0.3, 0.4) is 0 Å². The van der Waals surface area contributed by atoms with Crippen LogP contribution < -0.4 is 4.74 Å². The summed E-state index contributed by atoms with van der Waals surface area (Å²) in [7, 11) is 1.57. The monoisotopic (exact) mass is 246 g/mol. The molecule has 84 valence electrons. The molecule has 0 saturated heterocycles. The van der Waals surface area contributed by atoms with Crippen LogP contribution in [0.5, 0.6) is 5.75 Å². The highest BCUT2D eigenvalue weighted by atomic mass is 35.5. The van der Waals surface area contributed by atoms with Crippen LogP contribution in [-0.4, -0.2) is 24.2 Å². The summed E-state index contributed by atoms with van der Waals surface area (Å²) < 4.78 is 5.09. The number of hydrogen-bond acceptors (Lipinski definition) is 3. The fourth-order valence-corrected chi connectivity index (χ4v) is 1.93. The molecule has 2 nitrogen and oxygen atoms in total. The van der Waals surface area contributed by atoms with E-state index in [1.807, 2.05) is 12.3 Å². The van der Waals surface area contributed by atoms with Crippen molar-refractivity contribution >= 4 is 23.4 Å². The Labute approximate surface area is 99.6 Å². The van der Waals surface area contributed by atoms with Gasteiger partial charge in [-0.25, -0.2) is 0 Å². The van der Waals surface area contributed by atoms with E-state index in [-0.39, 0.29) is 0 Å². The first-order valence-corrected chi connectivity index (χ1v) is 6.46. The van der Waals surface area contributed by atoms with E-state index in [0.29, 0.717) is 10.8 Å². The van der Waals surface area contributed by atoms with Gasteiger partial charge in [-0.15, -0.1) is 0 Å². The second-order valence-corrected chi connectivity index (χ2v) is 4.58. The minimum atomic E-state index is -0.441. The summed E-state index contributed by atoms with van der Waals surface area (Å²) in [4.78, 5) is 0. The number of thioether (sulfide) groups is 1. The van der Waals surface area contributed by atoms with Crippen molar-refractivity contribution in [2.45, 2.75) is 12.5 Å². The molecule has 1 aromatic rings. The van der Waals surface area contributed by atoms with Crippen LogP contribution >= 0.6 is 23.4 Å². The quantitative estimate of drug-likeness (QED) is 0.866. The maximum atomic E-state index is 9.85. The Morgan fingerprint density at radius 3 is 2.87 bits per heavy atom. The Hall–Kier alpha value is -0.380. The lowest BCUT2D eigenvalue weighted by molar-refractivity contribution is 0.174. The average molecular weight is 247 g/mol. The lowest BCUT2D eigenvalue weighted by atomic mass is 10.1. The number of hydrogen-bond donors (Lipinski definition) is 1. The molecule has 15 heavy (non-hydrogen) atoms. The van der Waals surface area contributed by atoms with Gasteiger partial charge in [0.25, 0.3) is 0 Å². The van der Waals surface area contributed by atoms with Crippen LogP contribution in [0.15, 0.2) is 18.2 Å². The normalized spacial score (nSPS) is 12.5. The van der Waals surface area contributed by atoms with Crippen molar-refractivity contribution in [3.8, 4) is 5.75 Å². The number of ether oxygens (including phenoxy) is 1. The third-order valence-corrected chi connectivity index (χ3v) is 3.11. The maximum absolute atomic E-state index is 9.85. The minimum Gasteiger partial charge on any atom is -0.495 e. The molecule has 4 heteroatoms. The first kappa shape index (κ1) is 12.7. The largest absolute Gasteiger partial charge is 0.495 e. The molecular weight excluding hydrogens is 232 g/mol. The molecule has 0 spiro atoms. The molecule has 1 atom stereocenters. The van der Waals surface area contributed by atoms with Gasteiger partial charge in [0.15, 0.2) is 0 Å². The third-order valence-electron chi connectivity index (χ3n) is 2.16. The summed E-state index contributed by atoms with van der Waals surface area (Å²) in [6, 6.07) is 5.36. The van der Waals surface area contributed by atoms with E-state index in [4.69, 9.17) is 16.3 Å². The molecule has 1 unspecified atom stereocenters. The Bertz CT molecular complexity index is 317. The smallest absolute Gasteiger partial charge is 0.137 e. The van der Waals surface area contributed by atoms with Crippen molar-refractivity contribution in [2.24, 2.45) is 0 Å². The Balaban J connectivity index is 2.76. The van der Waals surface area contributed by atoms with Crippen LogP contribution in [0, 0.1) is 0 Å². The zero-order valence-corrected chi connectivity index (χ0v) is 10.4. The molecule has 1 rings (SSSR count). The van der Waals surface area contributed by atoms with Crippen molar-refractivity contribution in [1.82, 2.24) is 0 Å². The molecule has 0 amide bonds. The van der Waals surface area contributed by atoms with Gasteiger partial charge >= 0.3 is 0 Å². The highest BCUT2D eigenvalue weighted by Crippen LogP contribution is 2.29. The number of methoxy groups -OCH3 is 1. The van der Waals surface area contributed by atoms with Gasteiger partial charge < -0.3 is 9.84 Å². The molecule has 0 aromatic heterocycles. The number of aliphatic hydroxyl groups is 1.